The summed E-state index contributed by atoms with van der Waals surface area (Å²) >= 11 is 0. The van der Waals surface area contributed by atoms with Crippen molar-refractivity contribution in [3.63, 3.8) is 0 Å². The van der Waals surface area contributed by atoms with Crippen LogP contribution in [-0.2, 0) is 12.4 Å². The van der Waals surface area contributed by atoms with Gasteiger partial charge in [-0.15, -0.1) is 10.2 Å². The van der Waals surface area contributed by atoms with Crippen molar-refractivity contribution in [1.82, 2.24) is 10.2 Å². The van der Waals surface area contributed by atoms with Crippen LogP contribution in [0, 0.1) is 0 Å². The first-order valence-electron chi connectivity index (χ1n) is 7.62. The second kappa shape index (κ2) is 7.62. The third-order valence-electron chi connectivity index (χ3n) is 3.52. The second-order valence-electron chi connectivity index (χ2n) is 5.78. The number of carbonyl (C=O) groups is 1. The molecule has 0 saturated heterocycles. The van der Waals surface area contributed by atoms with Crippen LogP contribution in [0.1, 0.15) is 28.4 Å². The second-order valence-corrected chi connectivity index (χ2v) is 5.78. The van der Waals surface area contributed by atoms with Crippen LogP contribution in [0.15, 0.2) is 24.3 Å². The first-order chi connectivity index (χ1) is 12.8. The van der Waals surface area contributed by atoms with Crippen molar-refractivity contribution >= 4 is 11.8 Å². The lowest BCUT2D eigenvalue weighted by Crippen LogP contribution is -2.19. The van der Waals surface area contributed by atoms with Crippen molar-refractivity contribution in [3.05, 3.63) is 41.0 Å². The van der Waals surface area contributed by atoms with Gasteiger partial charge in [0.15, 0.2) is 5.82 Å². The monoisotopic (exact) mass is 409 g/mol. The van der Waals surface area contributed by atoms with Gasteiger partial charge in [-0.2, -0.15) is 26.3 Å². The number of alkyl halides is 6. The summed E-state index contributed by atoms with van der Waals surface area (Å²) in [7, 11) is 0. The molecule has 2 aromatic rings. The molecule has 0 bridgehead atoms. The van der Waals surface area contributed by atoms with E-state index in [-0.39, 0.29) is 18.4 Å². The van der Waals surface area contributed by atoms with Gasteiger partial charge in [0.2, 0.25) is 0 Å². The Hall–Kier alpha value is -2.89. The van der Waals surface area contributed by atoms with Gasteiger partial charge >= 0.3 is 18.3 Å². The van der Waals surface area contributed by atoms with Crippen LogP contribution in [0.25, 0.3) is 11.3 Å². The maximum atomic E-state index is 13.3. The summed E-state index contributed by atoms with van der Waals surface area (Å²) in [6.45, 7) is 1.29. The van der Waals surface area contributed by atoms with E-state index in [1.807, 2.05) is 0 Å². The molecule has 0 saturated carbocycles. The van der Waals surface area contributed by atoms with E-state index in [9.17, 15) is 41.4 Å². The molecule has 0 spiro atoms. The minimum atomic E-state index is -5.15. The summed E-state index contributed by atoms with van der Waals surface area (Å²) in [6, 6.07) is 1.69. The summed E-state index contributed by atoms with van der Waals surface area (Å²) in [4.78, 5) is 11.4. The number of anilines is 1. The largest absolute Gasteiger partial charge is 0.478 e. The molecule has 0 amide bonds. The maximum Gasteiger partial charge on any atom is 0.417 e. The highest BCUT2D eigenvalue weighted by Gasteiger charge is 2.38. The predicted octanol–water partition coefficient (Wildman–Crippen LogP) is 3.67. The van der Waals surface area contributed by atoms with Crippen molar-refractivity contribution in [3.8, 4) is 11.3 Å². The van der Waals surface area contributed by atoms with E-state index in [2.05, 4.69) is 15.5 Å². The lowest BCUT2D eigenvalue weighted by molar-refractivity contribution is -0.142. The third-order valence-corrected chi connectivity index (χ3v) is 3.52. The van der Waals surface area contributed by atoms with Gasteiger partial charge in [-0.3, -0.25) is 0 Å². The highest BCUT2D eigenvalue weighted by Crippen LogP contribution is 2.40. The van der Waals surface area contributed by atoms with Crippen LogP contribution in [0.4, 0.5) is 32.2 Å². The SMILES string of the molecule is C[C@@H](O)CNc1nnc(-c2ccc(C(F)(F)F)cc2C(F)(F)F)cc1C(=O)O. The van der Waals surface area contributed by atoms with Gasteiger partial charge in [-0.1, -0.05) is 6.07 Å². The smallest absolute Gasteiger partial charge is 0.417 e. The Morgan fingerprint density at radius 2 is 1.75 bits per heavy atom. The van der Waals surface area contributed by atoms with Crippen LogP contribution < -0.4 is 5.32 Å². The van der Waals surface area contributed by atoms with E-state index >= 15 is 0 Å². The Morgan fingerprint density at radius 1 is 1.11 bits per heavy atom. The number of halogens is 6. The number of benzene rings is 1. The van der Waals surface area contributed by atoms with Crippen molar-refractivity contribution in [1.29, 1.82) is 0 Å². The van der Waals surface area contributed by atoms with Crippen LogP contribution in [0.3, 0.4) is 0 Å². The standard InChI is InChI=1S/C16H13F6N3O3/c1-7(26)6-23-13-10(14(27)28)5-12(24-25-13)9-3-2-8(15(17,18)19)4-11(9)16(20,21)22/h2-5,7,26H,6H2,1H3,(H,23,25)(H,27,28)/t7-/m1/s1. The summed E-state index contributed by atoms with van der Waals surface area (Å²) in [6.07, 6.45) is -11.0. The van der Waals surface area contributed by atoms with Crippen LogP contribution in [0.5, 0.6) is 0 Å². The number of aromatic carboxylic acids is 1. The van der Waals surface area contributed by atoms with Crippen LogP contribution >= 0.6 is 0 Å². The van der Waals surface area contributed by atoms with Crippen molar-refractivity contribution in [2.24, 2.45) is 0 Å². The van der Waals surface area contributed by atoms with Crippen LogP contribution in [0.2, 0.25) is 0 Å². The first-order valence-corrected chi connectivity index (χ1v) is 7.62. The normalized spacial score (nSPS) is 13.3. The summed E-state index contributed by atoms with van der Waals surface area (Å²) in [5.74, 6) is -1.86. The number of nitrogens with zero attached hydrogens (tertiary/aromatic N) is 2. The van der Waals surface area contributed by atoms with Crippen molar-refractivity contribution < 1.29 is 41.4 Å². The molecule has 1 atom stereocenters. The molecule has 6 nitrogen and oxygen atoms in total. The zero-order chi connectivity index (χ0) is 21.3. The number of rotatable bonds is 5. The van der Waals surface area contributed by atoms with Gasteiger partial charge in [-0.25, -0.2) is 4.79 Å². The van der Waals surface area contributed by atoms with Crippen LogP contribution in [-0.4, -0.2) is 39.0 Å². The lowest BCUT2D eigenvalue weighted by atomic mass is 9.99. The number of carboxylic acid groups (broad SMARTS) is 1. The average Bonchev–Trinajstić information content (AvgIpc) is 2.57. The molecular weight excluding hydrogens is 396 g/mol. The molecule has 152 valence electrons. The van der Waals surface area contributed by atoms with Crippen molar-refractivity contribution in [2.75, 3.05) is 11.9 Å². The summed E-state index contributed by atoms with van der Waals surface area (Å²) in [5, 5.41) is 27.9. The van der Waals surface area contributed by atoms with Crippen molar-refractivity contribution in [2.45, 2.75) is 25.4 Å². The fourth-order valence-electron chi connectivity index (χ4n) is 2.24. The van der Waals surface area contributed by atoms with Gasteiger partial charge in [0.25, 0.3) is 0 Å². The van der Waals surface area contributed by atoms with E-state index in [1.165, 1.54) is 6.92 Å². The number of aromatic nitrogens is 2. The molecule has 28 heavy (non-hydrogen) atoms. The summed E-state index contributed by atoms with van der Waals surface area (Å²) < 4.78 is 78.1. The molecule has 0 unspecified atom stereocenters. The molecule has 1 aromatic carbocycles. The van der Waals surface area contributed by atoms with Gasteiger partial charge in [0.05, 0.1) is 22.9 Å². The number of nitrogens with one attached hydrogen (secondary N) is 1. The van der Waals surface area contributed by atoms with Gasteiger partial charge in [-0.05, 0) is 25.1 Å². The number of aliphatic hydroxyl groups is 1. The zero-order valence-corrected chi connectivity index (χ0v) is 14.1. The Morgan fingerprint density at radius 3 is 2.25 bits per heavy atom. The molecule has 0 aliphatic heterocycles. The Balaban J connectivity index is 2.61. The topological polar surface area (TPSA) is 95.3 Å². The first kappa shape index (κ1) is 21.4. The predicted molar refractivity (Wildman–Crippen MR) is 84.6 cm³/mol. The quantitative estimate of drug-likeness (QED) is 0.653. The van der Waals surface area contributed by atoms with E-state index in [0.29, 0.717) is 12.1 Å². The highest BCUT2D eigenvalue weighted by atomic mass is 19.4. The fraction of sp³-hybridized carbons (Fsp3) is 0.312. The minimum Gasteiger partial charge on any atom is -0.478 e. The lowest BCUT2D eigenvalue weighted by Gasteiger charge is -2.16. The Kier molecular flexibility index (Phi) is 5.83. The van der Waals surface area contributed by atoms with E-state index < -0.39 is 52.4 Å². The molecule has 0 aliphatic carbocycles. The number of hydrogen-bond donors (Lipinski definition) is 3. The Bertz CT molecular complexity index is 881. The molecular formula is C16H13F6N3O3. The average molecular weight is 409 g/mol. The number of hydrogen-bond acceptors (Lipinski definition) is 5. The third kappa shape index (κ3) is 4.88. The molecule has 3 N–H and O–H groups in total. The summed E-state index contributed by atoms with van der Waals surface area (Å²) in [5.41, 5.74) is -5.01. The number of carboxylic acids is 1. The maximum absolute atomic E-state index is 13.3. The molecule has 2 rings (SSSR count). The minimum absolute atomic E-state index is 0.0724. The molecule has 0 aliphatic rings. The molecule has 0 radical (unpaired) electrons. The Labute approximate surface area is 153 Å². The van der Waals surface area contributed by atoms with Gasteiger partial charge < -0.3 is 15.5 Å². The fourth-order valence-corrected chi connectivity index (χ4v) is 2.24. The zero-order valence-electron chi connectivity index (χ0n) is 14.1. The van der Waals surface area contributed by atoms with E-state index in [1.54, 1.807) is 0 Å². The van der Waals surface area contributed by atoms with E-state index in [0.717, 1.165) is 6.07 Å². The molecule has 12 heteroatoms. The molecule has 0 fully saturated rings. The highest BCUT2D eigenvalue weighted by molar-refractivity contribution is 5.94. The van der Waals surface area contributed by atoms with Gasteiger partial charge in [0.1, 0.15) is 5.56 Å². The molecule has 1 heterocycles. The molecule has 1 aromatic heterocycles. The van der Waals surface area contributed by atoms with Gasteiger partial charge in [0, 0.05) is 12.1 Å². The van der Waals surface area contributed by atoms with E-state index in [4.69, 9.17) is 0 Å². The number of aliphatic hydroxyl groups excluding tert-OH is 1.